The fraction of sp³-hybridized carbons (Fsp3) is 0.448. The molecule has 102 heavy (non-hydrogen) atoms. The summed E-state index contributed by atoms with van der Waals surface area (Å²) in [5, 5.41) is 139. The van der Waals surface area contributed by atoms with Crippen LogP contribution in [0.4, 0.5) is 0 Å². The first-order chi connectivity index (χ1) is 48.0. The number of fused-ring (bicyclic) bond motifs is 16. The van der Waals surface area contributed by atoms with Crippen molar-refractivity contribution in [2.75, 3.05) is 13.7 Å². The molecule has 7 bridgehead atoms. The normalized spacial score (nSPS) is 29.1. The molecule has 11 unspecified atom stereocenters. The van der Waals surface area contributed by atoms with Crippen molar-refractivity contribution in [3.05, 3.63) is 129 Å². The minimum Gasteiger partial charge on any atom is -0.508 e. The number of primary amides is 1. The van der Waals surface area contributed by atoms with Gasteiger partial charge in [-0.3, -0.25) is 33.6 Å². The standard InChI is InChI=1S/C67H81Cl2N9O24/c1-26(2)15-38(72-6)58(88)77-50-51(84)29-9-13-40(36(68)18-29)98-42-19-31-20-43(54(42)102-65-55(53(86)52(85)44(25-79)100-65)101-46-24-66(4,71)57(87)27(3)97-46)99-41-14-10-32(21-37(41)69)67(5,96)56(63(93)76-49(64(94)95)30-16-34(81)22-35(82)17-30)78-61(91)47(28-7-11-33(80)12-8-28)75-60(90)48(31)74-59(89)39(23-45(70)83)73-62(50)92/h7-14,16-22,26-27,38-39,44,46-53,55-57,64-65,72,79-82,84-87,94-96H,15,23-25,71H2,1-6H3,(H2,70,83)(H,73,92)(H,74,89)(H,75,90)(H,76,93)(H,77,88)(H,78,91)/t27?,38-,39+,44?,46?,47-,48-,49?,50-,51-,52?,53?,55?,56?,57?,65?,66?,67-/m1/s1. The second-order valence-electron chi connectivity index (χ2n) is 26.1. The smallest absolute Gasteiger partial charge is 0.248 e. The Morgan fingerprint density at radius 3 is 1.88 bits per heavy atom. The van der Waals surface area contributed by atoms with Crippen molar-refractivity contribution < 1.29 is 118 Å². The number of aliphatic hydroxyl groups excluding tert-OH is 6. The van der Waals surface area contributed by atoms with Crippen LogP contribution in [-0.2, 0) is 53.4 Å². The van der Waals surface area contributed by atoms with E-state index in [2.05, 4.69) is 37.2 Å². The second kappa shape index (κ2) is 31.9. The molecule has 5 aromatic rings. The molecule has 2 saturated heterocycles. The van der Waals surface area contributed by atoms with Crippen LogP contribution >= 0.6 is 23.2 Å². The summed E-state index contributed by atoms with van der Waals surface area (Å²) in [6, 6.07) is 2.48. The van der Waals surface area contributed by atoms with Crippen molar-refractivity contribution in [3.8, 4) is 46.0 Å². The van der Waals surface area contributed by atoms with E-state index in [0.717, 1.165) is 85.8 Å². The van der Waals surface area contributed by atoms with Crippen molar-refractivity contribution in [3.63, 3.8) is 0 Å². The molecule has 35 heteroatoms. The summed E-state index contributed by atoms with van der Waals surface area (Å²) in [6.07, 6.45) is -18.8. The van der Waals surface area contributed by atoms with Gasteiger partial charge in [0.25, 0.3) is 0 Å². The maximum atomic E-state index is 15.9. The molecule has 11 rings (SSSR count). The fourth-order valence-electron chi connectivity index (χ4n) is 12.2. The van der Waals surface area contributed by atoms with Gasteiger partial charge in [-0.15, -0.1) is 0 Å². The van der Waals surface area contributed by atoms with Gasteiger partial charge in [0.15, 0.2) is 30.2 Å². The van der Waals surface area contributed by atoms with Gasteiger partial charge >= 0.3 is 0 Å². The van der Waals surface area contributed by atoms with E-state index in [-0.39, 0.29) is 57.5 Å². The van der Waals surface area contributed by atoms with Crippen molar-refractivity contribution in [1.29, 1.82) is 0 Å². The topological polar surface area (TPSA) is 534 Å². The molecule has 18 atom stereocenters. The Kier molecular flexibility index (Phi) is 24.2. The molecule has 5 aromatic carbocycles. The Balaban J connectivity index is 1.30. The van der Waals surface area contributed by atoms with Crippen LogP contribution in [0.2, 0.25) is 10.0 Å². The van der Waals surface area contributed by atoms with Gasteiger partial charge in [0.05, 0.1) is 41.3 Å². The number of hydrogen-bond donors (Lipinski definition) is 20. The number of nitrogens with two attached hydrogens (primary N) is 2. The third kappa shape index (κ3) is 17.5. The monoisotopic (exact) mass is 1470 g/mol. The number of rotatable bonds is 17. The zero-order chi connectivity index (χ0) is 74.7. The first-order valence-electron chi connectivity index (χ1n) is 32.0. The molecule has 552 valence electrons. The summed E-state index contributed by atoms with van der Waals surface area (Å²) in [6.45, 7) is 6.70. The number of phenols is 3. The maximum Gasteiger partial charge on any atom is 0.248 e. The van der Waals surface area contributed by atoms with E-state index >= 15 is 14.4 Å². The summed E-state index contributed by atoms with van der Waals surface area (Å²) in [7, 11) is 1.48. The second-order valence-corrected chi connectivity index (χ2v) is 26.9. The van der Waals surface area contributed by atoms with Crippen LogP contribution in [0.25, 0.3) is 0 Å². The third-order valence-corrected chi connectivity index (χ3v) is 18.3. The first-order valence-corrected chi connectivity index (χ1v) is 32.8. The van der Waals surface area contributed by atoms with Gasteiger partial charge in [0.2, 0.25) is 53.4 Å². The minimum absolute atomic E-state index is 0.0921. The molecule has 2 fully saturated rings. The molecule has 7 amide bonds. The number of halogens is 2. The van der Waals surface area contributed by atoms with E-state index in [1.165, 1.54) is 33.0 Å². The van der Waals surface area contributed by atoms with Gasteiger partial charge in [-0.1, -0.05) is 61.3 Å². The zero-order valence-corrected chi connectivity index (χ0v) is 57.0. The lowest BCUT2D eigenvalue weighted by Crippen LogP contribution is -2.64. The summed E-state index contributed by atoms with van der Waals surface area (Å²) < 4.78 is 38.4. The Morgan fingerprint density at radius 2 is 1.31 bits per heavy atom. The van der Waals surface area contributed by atoms with Crippen molar-refractivity contribution >= 4 is 64.6 Å². The number of nitrogens with one attached hydrogen (secondary N) is 7. The number of ether oxygens (including phenoxy) is 6. The molecule has 0 aromatic heterocycles. The molecule has 6 aliphatic heterocycles. The summed E-state index contributed by atoms with van der Waals surface area (Å²) in [5.74, 6) is -13.2. The van der Waals surface area contributed by atoms with Crippen LogP contribution in [0.3, 0.4) is 0 Å². The van der Waals surface area contributed by atoms with Crippen molar-refractivity contribution in [1.82, 2.24) is 37.2 Å². The lowest BCUT2D eigenvalue weighted by molar-refractivity contribution is -0.333. The number of phenolic OH excluding ortho intramolecular Hbond substituents is 3. The van der Waals surface area contributed by atoms with E-state index in [0.29, 0.717) is 0 Å². The average Bonchev–Trinajstić information content (AvgIpc) is 0.781. The minimum atomic E-state index is -2.71. The van der Waals surface area contributed by atoms with Crippen LogP contribution in [0.1, 0.15) is 106 Å². The highest BCUT2D eigenvalue weighted by atomic mass is 35.5. The number of hydrogen-bond acceptors (Lipinski definition) is 26. The highest BCUT2D eigenvalue weighted by molar-refractivity contribution is 6.32. The molecule has 6 aliphatic rings. The summed E-state index contributed by atoms with van der Waals surface area (Å²) >= 11 is 14.2. The molecule has 0 spiro atoms. The number of carbonyl (C=O) groups excluding carboxylic acids is 7. The lowest BCUT2D eigenvalue weighted by atomic mass is 9.86. The van der Waals surface area contributed by atoms with Crippen LogP contribution in [0, 0.1) is 5.92 Å². The Labute approximate surface area is 592 Å². The number of aliphatic hydroxyl groups is 8. The van der Waals surface area contributed by atoms with Crippen LogP contribution < -0.4 is 62.9 Å². The van der Waals surface area contributed by atoms with Gasteiger partial charge in [0.1, 0.15) is 95.0 Å². The molecule has 0 saturated carbocycles. The van der Waals surface area contributed by atoms with Crippen LogP contribution in [0.5, 0.6) is 46.0 Å². The molecule has 33 nitrogen and oxygen atoms in total. The Hall–Kier alpha value is -8.75. The van der Waals surface area contributed by atoms with Gasteiger partial charge in [0, 0.05) is 18.0 Å². The van der Waals surface area contributed by atoms with E-state index in [9.17, 15) is 75.3 Å². The molecular weight excluding hydrogens is 1390 g/mol. The van der Waals surface area contributed by atoms with E-state index in [4.69, 9.17) is 63.1 Å². The SMILES string of the molecule is CN[C@H](CC(C)C)C(=O)N[C@H]1C(=O)N[C@@H](CC(N)=O)C(=O)N[C@H]2C(=O)N[C@H](c3ccc(O)cc3)C(=O)NC(C(=O)NC(c3cc(O)cc(O)c3)C(O)O)[C@](C)(O)c3ccc(c(Cl)c3)Oc3cc2cc(c3OC2OC(CO)C(O)C(O)C2OC2CC(C)(N)C(O)C(C)O2)Oc2ccc(cc2Cl)[C@H]1O. The molecular formula is C67H81Cl2N9O24. The quantitative estimate of drug-likeness (QED) is 0.0523. The first kappa shape index (κ1) is 77.4. The number of aromatic hydroxyl groups is 3. The molecule has 22 N–H and O–H groups in total. The lowest BCUT2D eigenvalue weighted by Gasteiger charge is -2.47. The summed E-state index contributed by atoms with van der Waals surface area (Å²) in [5.41, 5.74) is 6.75. The summed E-state index contributed by atoms with van der Waals surface area (Å²) in [4.78, 5) is 104. The number of benzene rings is 5. The molecule has 0 radical (unpaired) electrons. The Bertz CT molecular complexity index is 3930. The van der Waals surface area contributed by atoms with Gasteiger partial charge < -0.3 is 133 Å². The van der Waals surface area contributed by atoms with Gasteiger partial charge in [-0.25, -0.2) is 0 Å². The van der Waals surface area contributed by atoms with Crippen LogP contribution in [-0.4, -0.2) is 196 Å². The highest BCUT2D eigenvalue weighted by Gasteiger charge is 2.52. The van der Waals surface area contributed by atoms with Gasteiger partial charge in [-0.2, -0.15) is 0 Å². The maximum absolute atomic E-state index is 15.9. The van der Waals surface area contributed by atoms with Gasteiger partial charge in [-0.05, 0) is 129 Å². The van der Waals surface area contributed by atoms with Crippen molar-refractivity contribution in [2.45, 2.75) is 169 Å². The highest BCUT2D eigenvalue weighted by Crippen LogP contribution is 2.49. The molecule has 6 heterocycles. The molecule has 0 aliphatic carbocycles. The number of carbonyl (C=O) groups is 7. The third-order valence-electron chi connectivity index (χ3n) is 17.7. The number of likely N-dealkylation sites (N-methyl/N-ethyl adjacent to an activating group) is 1. The zero-order valence-electron chi connectivity index (χ0n) is 55.5. The average molecular weight is 1470 g/mol. The Morgan fingerprint density at radius 1 is 0.725 bits per heavy atom. The van der Waals surface area contributed by atoms with E-state index in [1.807, 2.05) is 13.8 Å². The van der Waals surface area contributed by atoms with E-state index in [1.54, 1.807) is 0 Å². The van der Waals surface area contributed by atoms with E-state index < -0.39 is 214 Å². The largest absolute Gasteiger partial charge is 0.508 e. The van der Waals surface area contributed by atoms with Crippen molar-refractivity contribution in [2.24, 2.45) is 17.4 Å². The van der Waals surface area contributed by atoms with Crippen LogP contribution in [0.15, 0.2) is 91.0 Å². The predicted molar refractivity (Wildman–Crippen MR) is 355 cm³/mol. The number of amides is 7. The fourth-order valence-corrected chi connectivity index (χ4v) is 12.6. The predicted octanol–water partition coefficient (Wildman–Crippen LogP) is -0.474.